The van der Waals surface area contributed by atoms with Gasteiger partial charge in [0.1, 0.15) is 17.5 Å². The number of nitrogens with zero attached hydrogens (tertiary/aromatic N) is 3. The monoisotopic (exact) mass is 329 g/mol. The fraction of sp³-hybridized carbons (Fsp3) is 0.444. The Bertz CT molecular complexity index is 626. The van der Waals surface area contributed by atoms with E-state index in [2.05, 4.69) is 63.6 Å². The quantitative estimate of drug-likeness (QED) is 0.687. The molecule has 0 amide bonds. The molecule has 0 unspecified atom stereocenters. The Morgan fingerprint density at radius 2 is 1.71 bits per heavy atom. The first kappa shape index (κ1) is 18.0. The van der Waals surface area contributed by atoms with E-state index in [1.165, 1.54) is 5.69 Å². The van der Waals surface area contributed by atoms with Crippen molar-refractivity contribution in [2.24, 2.45) is 0 Å². The van der Waals surface area contributed by atoms with E-state index >= 15 is 0 Å². The number of nitrogens with one attached hydrogen (secondary N) is 2. The van der Waals surface area contributed by atoms with Gasteiger partial charge in [-0.15, -0.1) is 0 Å². The molecular formula is C18H27N5O. The number of benzene rings is 1. The van der Waals surface area contributed by atoms with Gasteiger partial charge in [0.2, 0.25) is 0 Å². The van der Waals surface area contributed by atoms with Crippen molar-refractivity contribution >= 4 is 23.0 Å². The van der Waals surface area contributed by atoms with Crippen LogP contribution in [0.3, 0.4) is 0 Å². The van der Waals surface area contributed by atoms with Gasteiger partial charge < -0.3 is 20.3 Å². The molecular weight excluding hydrogens is 302 g/mol. The second-order valence-electron chi connectivity index (χ2n) is 5.45. The molecule has 6 heteroatoms. The highest BCUT2D eigenvalue weighted by Gasteiger charge is 2.04. The summed E-state index contributed by atoms with van der Waals surface area (Å²) in [6, 6.07) is 10.3. The van der Waals surface area contributed by atoms with Gasteiger partial charge in [-0.1, -0.05) is 0 Å². The number of rotatable bonds is 9. The molecule has 2 aromatic rings. The summed E-state index contributed by atoms with van der Waals surface area (Å²) < 4.78 is 5.04. The second kappa shape index (κ2) is 9.08. The van der Waals surface area contributed by atoms with Crippen LogP contribution in [0.15, 0.2) is 30.3 Å². The maximum Gasteiger partial charge on any atom is 0.136 e. The first-order valence-corrected chi connectivity index (χ1v) is 8.36. The fourth-order valence-corrected chi connectivity index (χ4v) is 2.50. The van der Waals surface area contributed by atoms with Crippen LogP contribution in [-0.4, -0.2) is 43.3 Å². The molecule has 0 aliphatic carbocycles. The lowest BCUT2D eigenvalue weighted by atomic mass is 10.2. The number of anilines is 4. The minimum Gasteiger partial charge on any atom is -0.383 e. The maximum absolute atomic E-state index is 5.04. The van der Waals surface area contributed by atoms with E-state index in [1.54, 1.807) is 7.11 Å². The van der Waals surface area contributed by atoms with Crippen LogP contribution < -0.4 is 15.5 Å². The molecule has 1 heterocycles. The molecule has 6 nitrogen and oxygen atoms in total. The van der Waals surface area contributed by atoms with Crippen molar-refractivity contribution in [2.45, 2.75) is 20.8 Å². The SMILES string of the molecule is CCN(CC)c1ccc(Nc2cc(NCCOC)nc(C)n2)cc1. The standard InChI is InChI=1S/C18H27N5O/c1-5-23(6-2)16-9-7-15(8-10-16)22-18-13-17(19-11-12-24-4)20-14(3)21-18/h7-10,13H,5-6,11-12H2,1-4H3,(H2,19,20,21,22). The van der Waals surface area contributed by atoms with E-state index in [0.717, 1.165) is 36.2 Å². The van der Waals surface area contributed by atoms with Gasteiger partial charge in [0.05, 0.1) is 6.61 Å². The summed E-state index contributed by atoms with van der Waals surface area (Å²) in [5, 5.41) is 6.57. The molecule has 130 valence electrons. The number of aromatic nitrogens is 2. The molecule has 0 aliphatic rings. The third-order valence-corrected chi connectivity index (χ3v) is 3.72. The molecule has 1 aromatic heterocycles. The van der Waals surface area contributed by atoms with Gasteiger partial charge in [-0.25, -0.2) is 9.97 Å². The van der Waals surface area contributed by atoms with Crippen molar-refractivity contribution in [3.05, 3.63) is 36.2 Å². The number of aryl methyl sites for hydroxylation is 1. The van der Waals surface area contributed by atoms with Crippen molar-refractivity contribution in [1.82, 2.24) is 9.97 Å². The van der Waals surface area contributed by atoms with E-state index in [-0.39, 0.29) is 0 Å². The Balaban J connectivity index is 2.07. The molecule has 0 spiro atoms. The number of hydrogen-bond donors (Lipinski definition) is 2. The van der Waals surface area contributed by atoms with Crippen molar-refractivity contribution < 1.29 is 4.74 Å². The summed E-state index contributed by atoms with van der Waals surface area (Å²) in [6.45, 7) is 9.57. The van der Waals surface area contributed by atoms with E-state index in [4.69, 9.17) is 4.74 Å². The molecule has 0 fully saturated rings. The Labute approximate surface area is 144 Å². The lowest BCUT2D eigenvalue weighted by molar-refractivity contribution is 0.210. The second-order valence-corrected chi connectivity index (χ2v) is 5.45. The minimum atomic E-state index is 0.638. The Hall–Kier alpha value is -2.34. The van der Waals surface area contributed by atoms with E-state index in [9.17, 15) is 0 Å². The van der Waals surface area contributed by atoms with Gasteiger partial charge in [-0.05, 0) is 45.0 Å². The van der Waals surface area contributed by atoms with Gasteiger partial charge in [-0.2, -0.15) is 0 Å². The zero-order valence-electron chi connectivity index (χ0n) is 15.0. The van der Waals surface area contributed by atoms with Crippen LogP contribution in [0.5, 0.6) is 0 Å². The number of hydrogen-bond acceptors (Lipinski definition) is 6. The van der Waals surface area contributed by atoms with Crippen molar-refractivity contribution in [2.75, 3.05) is 48.9 Å². The van der Waals surface area contributed by atoms with E-state index in [0.29, 0.717) is 13.2 Å². The average Bonchev–Trinajstić information content (AvgIpc) is 2.57. The number of ether oxygens (including phenoxy) is 1. The summed E-state index contributed by atoms with van der Waals surface area (Å²) in [4.78, 5) is 11.1. The van der Waals surface area contributed by atoms with Crippen LogP contribution in [-0.2, 0) is 4.74 Å². The zero-order valence-corrected chi connectivity index (χ0v) is 15.0. The van der Waals surface area contributed by atoms with Crippen LogP contribution in [0, 0.1) is 6.92 Å². The topological polar surface area (TPSA) is 62.3 Å². The predicted octanol–water partition coefficient (Wildman–Crippen LogP) is 3.43. The van der Waals surface area contributed by atoms with Crippen LogP contribution in [0.25, 0.3) is 0 Å². The first-order valence-electron chi connectivity index (χ1n) is 8.36. The summed E-state index contributed by atoms with van der Waals surface area (Å²) in [5.41, 5.74) is 2.23. The van der Waals surface area contributed by atoms with Gasteiger partial charge in [0.15, 0.2) is 0 Å². The summed E-state index contributed by atoms with van der Waals surface area (Å²) >= 11 is 0. The van der Waals surface area contributed by atoms with Crippen molar-refractivity contribution in [3.63, 3.8) is 0 Å². The van der Waals surface area contributed by atoms with Crippen LogP contribution >= 0.6 is 0 Å². The fourth-order valence-electron chi connectivity index (χ4n) is 2.50. The van der Waals surface area contributed by atoms with E-state index < -0.39 is 0 Å². The largest absolute Gasteiger partial charge is 0.383 e. The van der Waals surface area contributed by atoms with E-state index in [1.807, 2.05) is 13.0 Å². The normalized spacial score (nSPS) is 10.5. The molecule has 0 radical (unpaired) electrons. The van der Waals surface area contributed by atoms with Crippen molar-refractivity contribution in [1.29, 1.82) is 0 Å². The molecule has 1 aromatic carbocycles. The Morgan fingerprint density at radius 1 is 1.04 bits per heavy atom. The van der Waals surface area contributed by atoms with Crippen LogP contribution in [0.1, 0.15) is 19.7 Å². The molecule has 0 saturated heterocycles. The molecule has 0 saturated carbocycles. The third kappa shape index (κ3) is 5.09. The average molecular weight is 329 g/mol. The molecule has 24 heavy (non-hydrogen) atoms. The molecule has 0 atom stereocenters. The van der Waals surface area contributed by atoms with Gasteiger partial charge in [-0.3, -0.25) is 0 Å². The lowest BCUT2D eigenvalue weighted by Gasteiger charge is -2.21. The van der Waals surface area contributed by atoms with Crippen LogP contribution in [0.4, 0.5) is 23.0 Å². The highest BCUT2D eigenvalue weighted by Crippen LogP contribution is 2.21. The van der Waals surface area contributed by atoms with Gasteiger partial charge in [0.25, 0.3) is 0 Å². The van der Waals surface area contributed by atoms with Gasteiger partial charge in [0, 0.05) is 44.2 Å². The zero-order chi connectivity index (χ0) is 17.4. The maximum atomic E-state index is 5.04. The number of methoxy groups -OCH3 is 1. The van der Waals surface area contributed by atoms with Crippen molar-refractivity contribution in [3.8, 4) is 0 Å². The molecule has 2 rings (SSSR count). The third-order valence-electron chi connectivity index (χ3n) is 3.72. The smallest absolute Gasteiger partial charge is 0.136 e. The lowest BCUT2D eigenvalue weighted by Crippen LogP contribution is -2.21. The Morgan fingerprint density at radius 3 is 2.33 bits per heavy atom. The molecule has 0 aliphatic heterocycles. The van der Waals surface area contributed by atoms with Crippen LogP contribution in [0.2, 0.25) is 0 Å². The summed E-state index contributed by atoms with van der Waals surface area (Å²) in [5.74, 6) is 2.29. The molecule has 0 bridgehead atoms. The molecule has 2 N–H and O–H groups in total. The summed E-state index contributed by atoms with van der Waals surface area (Å²) in [7, 11) is 1.68. The highest BCUT2D eigenvalue weighted by atomic mass is 16.5. The predicted molar refractivity (Wildman–Crippen MR) is 100 cm³/mol. The summed E-state index contributed by atoms with van der Waals surface area (Å²) in [6.07, 6.45) is 0. The minimum absolute atomic E-state index is 0.638. The Kier molecular flexibility index (Phi) is 6.81. The van der Waals surface area contributed by atoms with Gasteiger partial charge >= 0.3 is 0 Å². The highest BCUT2D eigenvalue weighted by molar-refractivity contribution is 5.62. The first-order chi connectivity index (χ1) is 11.7.